The normalized spacial score (nSPS) is 30.5. The molecule has 1 aliphatic carbocycles. The topological polar surface area (TPSA) is 35.6 Å². The Kier molecular flexibility index (Phi) is 3.60. The van der Waals surface area contributed by atoms with Crippen LogP contribution in [0.5, 0.6) is 0 Å². The predicted molar refractivity (Wildman–Crippen MR) is 65.0 cm³/mol. The molecule has 1 N–H and O–H groups in total. The van der Waals surface area contributed by atoms with Gasteiger partial charge in [0.15, 0.2) is 0 Å². The number of piperidine rings is 1. The standard InChI is InChI=1S/C11H19N3O.ClH/c15-11-13(9-3-4-9)6-7-14(11)10-2-1-5-12-8-10;/h9-10,12H,1-8H2;1H. The highest BCUT2D eigenvalue weighted by Gasteiger charge is 2.41. The SMILES string of the molecule is Cl.O=C1N(C2CC2)CCN1C1CCCNC1. The van der Waals surface area contributed by atoms with Crippen LogP contribution in [0.15, 0.2) is 0 Å². The highest BCUT2D eigenvalue weighted by Crippen LogP contribution is 2.31. The van der Waals surface area contributed by atoms with E-state index >= 15 is 0 Å². The molecule has 1 atom stereocenters. The van der Waals surface area contributed by atoms with E-state index in [0.29, 0.717) is 18.1 Å². The molecule has 1 unspecified atom stereocenters. The fourth-order valence-corrected chi connectivity index (χ4v) is 2.73. The molecule has 3 aliphatic rings. The van der Waals surface area contributed by atoms with Crippen LogP contribution in [0.2, 0.25) is 0 Å². The summed E-state index contributed by atoms with van der Waals surface area (Å²) in [4.78, 5) is 16.3. The van der Waals surface area contributed by atoms with Crippen LogP contribution in [-0.2, 0) is 0 Å². The third-order valence-corrected chi connectivity index (χ3v) is 3.77. The average Bonchev–Trinajstić information content (AvgIpc) is 3.04. The summed E-state index contributed by atoms with van der Waals surface area (Å²) in [6.45, 7) is 4.01. The Morgan fingerprint density at radius 3 is 2.31 bits per heavy atom. The first-order valence-electron chi connectivity index (χ1n) is 6.14. The van der Waals surface area contributed by atoms with Crippen molar-refractivity contribution in [3.63, 3.8) is 0 Å². The number of hydrogen-bond acceptors (Lipinski definition) is 2. The van der Waals surface area contributed by atoms with Crippen molar-refractivity contribution in [1.82, 2.24) is 15.1 Å². The van der Waals surface area contributed by atoms with Crippen LogP contribution < -0.4 is 5.32 Å². The molecule has 2 amide bonds. The molecule has 4 nitrogen and oxygen atoms in total. The van der Waals surface area contributed by atoms with Crippen LogP contribution in [0, 0.1) is 0 Å². The van der Waals surface area contributed by atoms with Crippen molar-refractivity contribution >= 4 is 18.4 Å². The van der Waals surface area contributed by atoms with Gasteiger partial charge in [0.1, 0.15) is 0 Å². The Bertz CT molecular complexity index is 264. The second-order valence-corrected chi connectivity index (χ2v) is 4.90. The van der Waals surface area contributed by atoms with Gasteiger partial charge in [-0.15, -0.1) is 12.4 Å². The maximum Gasteiger partial charge on any atom is 0.320 e. The number of amides is 2. The van der Waals surface area contributed by atoms with Crippen molar-refractivity contribution in [2.75, 3.05) is 26.2 Å². The minimum absolute atomic E-state index is 0. The molecule has 5 heteroatoms. The van der Waals surface area contributed by atoms with Crippen LogP contribution >= 0.6 is 12.4 Å². The second-order valence-electron chi connectivity index (χ2n) is 4.90. The number of rotatable bonds is 2. The summed E-state index contributed by atoms with van der Waals surface area (Å²) in [5.41, 5.74) is 0. The van der Waals surface area contributed by atoms with E-state index in [1.807, 2.05) is 0 Å². The molecule has 2 heterocycles. The molecule has 0 aromatic heterocycles. The zero-order valence-electron chi connectivity index (χ0n) is 9.52. The minimum atomic E-state index is 0. The van der Waals surface area contributed by atoms with Gasteiger partial charge in [-0.3, -0.25) is 0 Å². The molecule has 92 valence electrons. The summed E-state index contributed by atoms with van der Waals surface area (Å²) in [5, 5.41) is 3.38. The first-order valence-corrected chi connectivity index (χ1v) is 6.14. The van der Waals surface area contributed by atoms with Crippen molar-refractivity contribution in [3.05, 3.63) is 0 Å². The number of carbonyl (C=O) groups is 1. The molecule has 1 saturated carbocycles. The van der Waals surface area contributed by atoms with E-state index in [4.69, 9.17) is 0 Å². The van der Waals surface area contributed by atoms with Gasteiger partial charge in [-0.05, 0) is 32.2 Å². The third-order valence-electron chi connectivity index (χ3n) is 3.77. The lowest BCUT2D eigenvalue weighted by Crippen LogP contribution is -2.47. The highest BCUT2D eigenvalue weighted by atomic mass is 35.5. The van der Waals surface area contributed by atoms with Crippen molar-refractivity contribution in [2.24, 2.45) is 0 Å². The zero-order chi connectivity index (χ0) is 10.3. The van der Waals surface area contributed by atoms with Crippen molar-refractivity contribution in [2.45, 2.75) is 37.8 Å². The Morgan fingerprint density at radius 2 is 1.75 bits per heavy atom. The molecular formula is C11H20ClN3O. The fourth-order valence-electron chi connectivity index (χ4n) is 2.73. The van der Waals surface area contributed by atoms with Crippen LogP contribution in [-0.4, -0.2) is 54.1 Å². The predicted octanol–water partition coefficient (Wildman–Crippen LogP) is 1.06. The Morgan fingerprint density at radius 1 is 1.06 bits per heavy atom. The molecule has 0 aromatic rings. The number of carbonyl (C=O) groups excluding carboxylic acids is 1. The number of nitrogens with zero attached hydrogens (tertiary/aromatic N) is 2. The molecule has 0 spiro atoms. The molecule has 0 radical (unpaired) electrons. The first kappa shape index (κ1) is 12.0. The molecule has 0 bridgehead atoms. The number of halogens is 1. The molecule has 2 aliphatic heterocycles. The van der Waals surface area contributed by atoms with E-state index < -0.39 is 0 Å². The van der Waals surface area contributed by atoms with Crippen LogP contribution in [0.1, 0.15) is 25.7 Å². The molecular weight excluding hydrogens is 226 g/mol. The largest absolute Gasteiger partial charge is 0.320 e. The fraction of sp³-hybridized carbons (Fsp3) is 0.909. The second kappa shape index (κ2) is 4.80. The summed E-state index contributed by atoms with van der Waals surface area (Å²) in [5.74, 6) is 0. The summed E-state index contributed by atoms with van der Waals surface area (Å²) in [6, 6.07) is 1.33. The monoisotopic (exact) mass is 245 g/mol. The molecule has 0 aromatic carbocycles. The van der Waals surface area contributed by atoms with Crippen LogP contribution in [0.4, 0.5) is 4.79 Å². The Hall–Kier alpha value is -0.480. The quantitative estimate of drug-likeness (QED) is 0.790. The van der Waals surface area contributed by atoms with E-state index in [1.54, 1.807) is 0 Å². The van der Waals surface area contributed by atoms with Crippen molar-refractivity contribution in [3.8, 4) is 0 Å². The highest BCUT2D eigenvalue weighted by molar-refractivity contribution is 5.85. The van der Waals surface area contributed by atoms with Crippen LogP contribution in [0.3, 0.4) is 0 Å². The van der Waals surface area contributed by atoms with Crippen LogP contribution in [0.25, 0.3) is 0 Å². The summed E-state index contributed by atoms with van der Waals surface area (Å²) in [7, 11) is 0. The Labute approximate surface area is 103 Å². The summed E-state index contributed by atoms with van der Waals surface area (Å²) in [6.07, 6.45) is 4.83. The third kappa shape index (κ3) is 2.13. The summed E-state index contributed by atoms with van der Waals surface area (Å²) < 4.78 is 0. The van der Waals surface area contributed by atoms with Gasteiger partial charge in [0, 0.05) is 31.7 Å². The van der Waals surface area contributed by atoms with Gasteiger partial charge in [-0.1, -0.05) is 0 Å². The maximum atomic E-state index is 12.1. The van der Waals surface area contributed by atoms with Crippen molar-refractivity contribution in [1.29, 1.82) is 0 Å². The van der Waals surface area contributed by atoms with Gasteiger partial charge in [0.2, 0.25) is 0 Å². The zero-order valence-corrected chi connectivity index (χ0v) is 10.3. The van der Waals surface area contributed by atoms with E-state index in [2.05, 4.69) is 15.1 Å². The first-order chi connectivity index (χ1) is 7.36. The van der Waals surface area contributed by atoms with Crippen molar-refractivity contribution < 1.29 is 4.79 Å². The number of hydrogen-bond donors (Lipinski definition) is 1. The maximum absolute atomic E-state index is 12.1. The molecule has 2 saturated heterocycles. The van der Waals surface area contributed by atoms with Gasteiger partial charge in [0.05, 0.1) is 0 Å². The number of urea groups is 1. The lowest BCUT2D eigenvalue weighted by atomic mass is 10.1. The molecule has 16 heavy (non-hydrogen) atoms. The van der Waals surface area contributed by atoms with Gasteiger partial charge in [-0.2, -0.15) is 0 Å². The lowest BCUT2D eigenvalue weighted by molar-refractivity contribution is 0.166. The van der Waals surface area contributed by atoms with E-state index in [9.17, 15) is 4.79 Å². The smallest absolute Gasteiger partial charge is 0.320 e. The Balaban J connectivity index is 0.000000963. The van der Waals surface area contributed by atoms with E-state index in [-0.39, 0.29) is 12.4 Å². The minimum Gasteiger partial charge on any atom is -0.320 e. The lowest BCUT2D eigenvalue weighted by Gasteiger charge is -2.31. The number of nitrogens with one attached hydrogen (secondary N) is 1. The van der Waals surface area contributed by atoms with Gasteiger partial charge in [0.25, 0.3) is 0 Å². The summed E-state index contributed by atoms with van der Waals surface area (Å²) >= 11 is 0. The van der Waals surface area contributed by atoms with Gasteiger partial charge < -0.3 is 15.1 Å². The van der Waals surface area contributed by atoms with E-state index in [1.165, 1.54) is 25.7 Å². The average molecular weight is 246 g/mol. The molecule has 3 fully saturated rings. The van der Waals surface area contributed by atoms with Gasteiger partial charge in [-0.25, -0.2) is 4.79 Å². The van der Waals surface area contributed by atoms with Gasteiger partial charge >= 0.3 is 6.03 Å². The molecule has 3 rings (SSSR count). The van der Waals surface area contributed by atoms with E-state index in [0.717, 1.165) is 26.2 Å².